The first-order chi connectivity index (χ1) is 7.22. The third-order valence-corrected chi connectivity index (χ3v) is 4.14. The zero-order valence-electron chi connectivity index (χ0n) is 9.18. The molecule has 82 valence electrons. The van der Waals surface area contributed by atoms with Crippen LogP contribution in [0.1, 0.15) is 43.6 Å². The fourth-order valence-corrected chi connectivity index (χ4v) is 2.15. The summed E-state index contributed by atoms with van der Waals surface area (Å²) < 4.78 is 1.15. The predicted octanol–water partition coefficient (Wildman–Crippen LogP) is 3.09. The van der Waals surface area contributed by atoms with E-state index in [0.717, 1.165) is 27.5 Å². The van der Waals surface area contributed by atoms with E-state index < -0.39 is 0 Å². The molecule has 1 fully saturated rings. The number of nitrogens with zero attached hydrogens (tertiary/aromatic N) is 2. The zero-order chi connectivity index (χ0) is 10.8. The minimum absolute atomic E-state index is 0.609. The quantitative estimate of drug-likeness (QED) is 0.871. The van der Waals surface area contributed by atoms with Crippen LogP contribution in [-0.2, 0) is 0 Å². The average molecular weight is 317 g/mol. The standard InChI is InChI=1S/C11H16IN3/c1-3-13-11-9(12)7(2)14-10(15-11)8-5-4-6-8/h8H,3-6H2,1-2H3,(H,13,14,15). The van der Waals surface area contributed by atoms with Crippen molar-refractivity contribution in [3.05, 3.63) is 15.1 Å². The molecule has 0 spiro atoms. The van der Waals surface area contributed by atoms with E-state index in [0.29, 0.717) is 5.92 Å². The Balaban J connectivity index is 2.31. The van der Waals surface area contributed by atoms with Crippen LogP contribution in [-0.4, -0.2) is 16.5 Å². The van der Waals surface area contributed by atoms with Gasteiger partial charge in [0.05, 0.1) is 9.26 Å². The van der Waals surface area contributed by atoms with Crippen LogP contribution in [0.25, 0.3) is 0 Å². The highest BCUT2D eigenvalue weighted by Gasteiger charge is 2.23. The lowest BCUT2D eigenvalue weighted by molar-refractivity contribution is 0.401. The lowest BCUT2D eigenvalue weighted by Crippen LogP contribution is -2.16. The van der Waals surface area contributed by atoms with Crippen LogP contribution >= 0.6 is 22.6 Å². The number of halogens is 1. The Morgan fingerprint density at radius 2 is 2.13 bits per heavy atom. The van der Waals surface area contributed by atoms with Crippen molar-refractivity contribution in [3.8, 4) is 0 Å². The van der Waals surface area contributed by atoms with Crippen molar-refractivity contribution in [1.29, 1.82) is 0 Å². The van der Waals surface area contributed by atoms with Crippen molar-refractivity contribution in [2.24, 2.45) is 0 Å². The number of aryl methyl sites for hydroxylation is 1. The summed E-state index contributed by atoms with van der Waals surface area (Å²) in [6.07, 6.45) is 3.84. The van der Waals surface area contributed by atoms with Gasteiger partial charge in [-0.05, 0) is 49.3 Å². The lowest BCUT2D eigenvalue weighted by Gasteiger charge is -2.24. The van der Waals surface area contributed by atoms with Crippen molar-refractivity contribution in [2.75, 3.05) is 11.9 Å². The topological polar surface area (TPSA) is 37.8 Å². The summed E-state index contributed by atoms with van der Waals surface area (Å²) >= 11 is 2.31. The van der Waals surface area contributed by atoms with Gasteiger partial charge < -0.3 is 5.32 Å². The first-order valence-electron chi connectivity index (χ1n) is 5.50. The molecule has 0 atom stereocenters. The maximum Gasteiger partial charge on any atom is 0.143 e. The van der Waals surface area contributed by atoms with Crippen LogP contribution < -0.4 is 5.32 Å². The number of hydrogen-bond donors (Lipinski definition) is 1. The van der Waals surface area contributed by atoms with E-state index in [4.69, 9.17) is 0 Å². The second-order valence-corrected chi connectivity index (χ2v) is 5.07. The number of aromatic nitrogens is 2. The van der Waals surface area contributed by atoms with E-state index in [9.17, 15) is 0 Å². The van der Waals surface area contributed by atoms with Crippen LogP contribution in [0.2, 0.25) is 0 Å². The summed E-state index contributed by atoms with van der Waals surface area (Å²) in [5, 5.41) is 3.30. The number of anilines is 1. The maximum absolute atomic E-state index is 4.62. The van der Waals surface area contributed by atoms with Gasteiger partial charge in [-0.15, -0.1) is 0 Å². The van der Waals surface area contributed by atoms with Gasteiger partial charge in [-0.1, -0.05) is 6.42 Å². The van der Waals surface area contributed by atoms with Gasteiger partial charge in [0, 0.05) is 12.5 Å². The van der Waals surface area contributed by atoms with Gasteiger partial charge in [0.15, 0.2) is 0 Å². The first kappa shape index (κ1) is 11.1. The Morgan fingerprint density at radius 3 is 2.67 bits per heavy atom. The smallest absolute Gasteiger partial charge is 0.143 e. The van der Waals surface area contributed by atoms with Gasteiger partial charge in [-0.25, -0.2) is 9.97 Å². The molecule has 0 saturated heterocycles. The fraction of sp³-hybridized carbons (Fsp3) is 0.636. The Bertz CT molecular complexity index is 361. The van der Waals surface area contributed by atoms with E-state index in [1.807, 2.05) is 0 Å². The van der Waals surface area contributed by atoms with Crippen LogP contribution in [0.4, 0.5) is 5.82 Å². The highest BCUT2D eigenvalue weighted by molar-refractivity contribution is 14.1. The van der Waals surface area contributed by atoms with E-state index in [-0.39, 0.29) is 0 Å². The summed E-state index contributed by atoms with van der Waals surface area (Å²) in [5.41, 5.74) is 1.10. The molecule has 1 aromatic rings. The lowest BCUT2D eigenvalue weighted by atomic mass is 9.85. The largest absolute Gasteiger partial charge is 0.369 e. The third-order valence-electron chi connectivity index (χ3n) is 2.85. The molecule has 15 heavy (non-hydrogen) atoms. The molecule has 0 amide bonds. The molecule has 1 aliphatic rings. The van der Waals surface area contributed by atoms with Gasteiger partial charge >= 0.3 is 0 Å². The first-order valence-corrected chi connectivity index (χ1v) is 6.58. The highest BCUT2D eigenvalue weighted by Crippen LogP contribution is 2.35. The number of nitrogens with one attached hydrogen (secondary N) is 1. The van der Waals surface area contributed by atoms with Crippen LogP contribution in [0.5, 0.6) is 0 Å². The van der Waals surface area contributed by atoms with Gasteiger partial charge in [-0.2, -0.15) is 0 Å². The molecule has 3 nitrogen and oxygen atoms in total. The molecule has 1 N–H and O–H groups in total. The number of hydrogen-bond acceptors (Lipinski definition) is 3. The van der Waals surface area contributed by atoms with Crippen molar-refractivity contribution >= 4 is 28.4 Å². The molecule has 4 heteroatoms. The molecule has 1 heterocycles. The summed E-state index contributed by atoms with van der Waals surface area (Å²) in [6, 6.07) is 0. The van der Waals surface area contributed by atoms with Crippen LogP contribution in [0.3, 0.4) is 0 Å². The molecule has 0 aliphatic heterocycles. The van der Waals surface area contributed by atoms with Gasteiger partial charge in [0.25, 0.3) is 0 Å². The molecule has 0 aromatic carbocycles. The Kier molecular flexibility index (Phi) is 3.43. The van der Waals surface area contributed by atoms with Crippen LogP contribution in [0, 0.1) is 10.5 Å². The fourth-order valence-electron chi connectivity index (χ4n) is 1.71. The minimum Gasteiger partial charge on any atom is -0.369 e. The van der Waals surface area contributed by atoms with Gasteiger partial charge in [0.2, 0.25) is 0 Å². The normalized spacial score (nSPS) is 16.2. The molecular formula is C11H16IN3. The molecule has 1 saturated carbocycles. The van der Waals surface area contributed by atoms with Crippen LogP contribution in [0.15, 0.2) is 0 Å². The third kappa shape index (κ3) is 2.24. The summed E-state index contributed by atoms with van der Waals surface area (Å²) in [5.74, 6) is 2.65. The summed E-state index contributed by atoms with van der Waals surface area (Å²) in [6.45, 7) is 5.07. The minimum atomic E-state index is 0.609. The molecule has 1 aliphatic carbocycles. The molecular weight excluding hydrogens is 301 g/mol. The maximum atomic E-state index is 4.62. The SMILES string of the molecule is CCNc1nc(C2CCC2)nc(C)c1I. The molecule has 0 bridgehead atoms. The molecule has 0 unspecified atom stereocenters. The summed E-state index contributed by atoms with van der Waals surface area (Å²) in [7, 11) is 0. The molecule has 1 aromatic heterocycles. The van der Waals surface area contributed by atoms with Crippen molar-refractivity contribution in [2.45, 2.75) is 39.0 Å². The van der Waals surface area contributed by atoms with E-state index in [2.05, 4.69) is 51.7 Å². The number of rotatable bonds is 3. The van der Waals surface area contributed by atoms with Crippen molar-refractivity contribution in [3.63, 3.8) is 0 Å². The Labute approximate surface area is 104 Å². The van der Waals surface area contributed by atoms with E-state index in [1.165, 1.54) is 19.3 Å². The molecule has 0 radical (unpaired) electrons. The second kappa shape index (κ2) is 4.63. The monoisotopic (exact) mass is 317 g/mol. The van der Waals surface area contributed by atoms with Gasteiger partial charge in [-0.3, -0.25) is 0 Å². The average Bonchev–Trinajstić information content (AvgIpc) is 2.11. The van der Waals surface area contributed by atoms with E-state index >= 15 is 0 Å². The predicted molar refractivity (Wildman–Crippen MR) is 70.2 cm³/mol. The van der Waals surface area contributed by atoms with Crippen molar-refractivity contribution < 1.29 is 0 Å². The Morgan fingerprint density at radius 1 is 1.40 bits per heavy atom. The molecule has 2 rings (SSSR count). The van der Waals surface area contributed by atoms with E-state index in [1.54, 1.807) is 0 Å². The zero-order valence-corrected chi connectivity index (χ0v) is 11.3. The van der Waals surface area contributed by atoms with Crippen molar-refractivity contribution in [1.82, 2.24) is 9.97 Å². The second-order valence-electron chi connectivity index (χ2n) is 3.99. The highest BCUT2D eigenvalue weighted by atomic mass is 127. The van der Waals surface area contributed by atoms with Gasteiger partial charge in [0.1, 0.15) is 11.6 Å². The Hall–Kier alpha value is -0.390. The summed E-state index contributed by atoms with van der Waals surface area (Å²) in [4.78, 5) is 9.19.